The molecule has 0 bridgehead atoms. The van der Waals surface area contributed by atoms with E-state index in [-0.39, 0.29) is 18.3 Å². The van der Waals surface area contributed by atoms with Gasteiger partial charge in [0.1, 0.15) is 12.1 Å². The van der Waals surface area contributed by atoms with Crippen LogP contribution >= 0.6 is 11.8 Å². The SMILES string of the molecule is O=C(NCc1ccccc1F)c1ccc(CSc2ncn[nH]2)cc1. The summed E-state index contributed by atoms with van der Waals surface area (Å²) in [7, 11) is 0. The lowest BCUT2D eigenvalue weighted by Gasteiger charge is -2.07. The van der Waals surface area contributed by atoms with Gasteiger partial charge in [0.05, 0.1) is 0 Å². The lowest BCUT2D eigenvalue weighted by molar-refractivity contribution is 0.0950. The zero-order chi connectivity index (χ0) is 16.8. The van der Waals surface area contributed by atoms with E-state index < -0.39 is 0 Å². The van der Waals surface area contributed by atoms with Crippen LogP contribution in [-0.2, 0) is 12.3 Å². The molecule has 1 heterocycles. The summed E-state index contributed by atoms with van der Waals surface area (Å²) in [6, 6.07) is 13.7. The number of thioether (sulfide) groups is 1. The first-order valence-electron chi connectivity index (χ1n) is 7.31. The molecule has 0 atom stereocenters. The van der Waals surface area contributed by atoms with E-state index in [4.69, 9.17) is 0 Å². The van der Waals surface area contributed by atoms with Crippen LogP contribution in [0.3, 0.4) is 0 Å². The number of H-pyrrole nitrogens is 1. The minimum Gasteiger partial charge on any atom is -0.348 e. The summed E-state index contributed by atoms with van der Waals surface area (Å²) in [5, 5.41) is 10.0. The normalized spacial score (nSPS) is 10.5. The van der Waals surface area contributed by atoms with Crippen LogP contribution in [-0.4, -0.2) is 21.1 Å². The first-order chi connectivity index (χ1) is 11.7. The van der Waals surface area contributed by atoms with Gasteiger partial charge in [0.15, 0.2) is 5.16 Å². The van der Waals surface area contributed by atoms with Gasteiger partial charge in [-0.15, -0.1) is 0 Å². The predicted octanol–water partition coefficient (Wildman–Crippen LogP) is 3.17. The third-order valence-electron chi connectivity index (χ3n) is 3.38. The molecule has 0 saturated heterocycles. The molecule has 0 aliphatic rings. The van der Waals surface area contributed by atoms with E-state index in [1.807, 2.05) is 12.1 Å². The summed E-state index contributed by atoms with van der Waals surface area (Å²) < 4.78 is 13.5. The first-order valence-corrected chi connectivity index (χ1v) is 8.29. The second-order valence-corrected chi connectivity index (χ2v) is 6.01. The van der Waals surface area contributed by atoms with Crippen LogP contribution in [0.2, 0.25) is 0 Å². The van der Waals surface area contributed by atoms with E-state index in [9.17, 15) is 9.18 Å². The van der Waals surface area contributed by atoms with Gasteiger partial charge in [-0.3, -0.25) is 9.89 Å². The predicted molar refractivity (Wildman–Crippen MR) is 90.0 cm³/mol. The van der Waals surface area contributed by atoms with Gasteiger partial charge in [-0.1, -0.05) is 42.1 Å². The topological polar surface area (TPSA) is 70.7 Å². The third-order valence-corrected chi connectivity index (χ3v) is 4.33. The van der Waals surface area contributed by atoms with Gasteiger partial charge in [-0.25, -0.2) is 9.37 Å². The standard InChI is InChI=1S/C17H15FN4OS/c18-15-4-2-1-3-14(15)9-19-16(23)13-7-5-12(6-8-13)10-24-17-20-11-21-22-17/h1-8,11H,9-10H2,(H,19,23)(H,20,21,22). The highest BCUT2D eigenvalue weighted by Gasteiger charge is 2.07. The second kappa shape index (κ2) is 7.74. The van der Waals surface area contributed by atoms with Gasteiger partial charge in [0, 0.05) is 23.4 Å². The van der Waals surface area contributed by atoms with Gasteiger partial charge >= 0.3 is 0 Å². The van der Waals surface area contributed by atoms with E-state index in [1.54, 1.807) is 30.3 Å². The molecule has 122 valence electrons. The number of nitrogens with one attached hydrogen (secondary N) is 2. The van der Waals surface area contributed by atoms with Crippen LogP contribution in [0.15, 0.2) is 60.0 Å². The van der Waals surface area contributed by atoms with Gasteiger partial charge in [-0.2, -0.15) is 5.10 Å². The summed E-state index contributed by atoms with van der Waals surface area (Å²) in [5.74, 6) is 0.178. The van der Waals surface area contributed by atoms with Gasteiger partial charge in [-0.05, 0) is 23.8 Å². The van der Waals surface area contributed by atoms with Crippen molar-refractivity contribution in [2.24, 2.45) is 0 Å². The molecular weight excluding hydrogens is 327 g/mol. The maximum absolute atomic E-state index is 13.5. The Labute approximate surface area is 142 Å². The fourth-order valence-corrected chi connectivity index (χ4v) is 2.82. The maximum Gasteiger partial charge on any atom is 0.251 e. The van der Waals surface area contributed by atoms with Crippen LogP contribution < -0.4 is 5.32 Å². The number of aromatic nitrogens is 3. The Balaban J connectivity index is 1.54. The Bertz CT molecular complexity index is 806. The van der Waals surface area contributed by atoms with Crippen molar-refractivity contribution < 1.29 is 9.18 Å². The molecule has 2 N–H and O–H groups in total. The number of nitrogens with zero attached hydrogens (tertiary/aromatic N) is 2. The number of hydrogen-bond donors (Lipinski definition) is 2. The molecule has 5 nitrogen and oxygen atoms in total. The van der Waals surface area contributed by atoms with Crippen LogP contribution in [0.1, 0.15) is 21.5 Å². The quantitative estimate of drug-likeness (QED) is 0.675. The molecule has 3 rings (SSSR count). The third kappa shape index (κ3) is 4.20. The summed E-state index contributed by atoms with van der Waals surface area (Å²) in [6.07, 6.45) is 1.46. The largest absolute Gasteiger partial charge is 0.348 e. The van der Waals surface area contributed by atoms with Gasteiger partial charge < -0.3 is 5.32 Å². The van der Waals surface area contributed by atoms with Crippen molar-refractivity contribution in [1.29, 1.82) is 0 Å². The molecule has 0 unspecified atom stereocenters. The van der Waals surface area contributed by atoms with Gasteiger partial charge in [0.2, 0.25) is 0 Å². The average molecular weight is 342 g/mol. The summed E-state index contributed by atoms with van der Waals surface area (Å²) in [4.78, 5) is 16.2. The summed E-state index contributed by atoms with van der Waals surface area (Å²) in [6.45, 7) is 0.161. The lowest BCUT2D eigenvalue weighted by Crippen LogP contribution is -2.23. The number of carbonyl (C=O) groups is 1. The Hall–Kier alpha value is -2.67. The molecule has 0 spiro atoms. The molecule has 1 amide bonds. The number of aromatic amines is 1. The van der Waals surface area contributed by atoms with Crippen LogP contribution in [0.25, 0.3) is 0 Å². The molecule has 0 aliphatic carbocycles. The molecule has 1 aromatic heterocycles. The minimum atomic E-state index is -0.322. The number of amides is 1. The fourth-order valence-electron chi connectivity index (χ4n) is 2.09. The number of hydrogen-bond acceptors (Lipinski definition) is 4. The number of halogens is 1. The number of carbonyl (C=O) groups excluding carboxylic acids is 1. The fraction of sp³-hybridized carbons (Fsp3) is 0.118. The van der Waals surface area contributed by atoms with Gasteiger partial charge in [0.25, 0.3) is 5.91 Å². The maximum atomic E-state index is 13.5. The zero-order valence-corrected chi connectivity index (χ0v) is 13.5. The molecule has 0 aliphatic heterocycles. The van der Waals surface area contributed by atoms with E-state index in [2.05, 4.69) is 20.5 Å². The Morgan fingerprint density at radius 1 is 1.17 bits per heavy atom. The van der Waals surface area contributed by atoms with Crippen molar-refractivity contribution >= 4 is 17.7 Å². The van der Waals surface area contributed by atoms with E-state index >= 15 is 0 Å². The molecule has 0 radical (unpaired) electrons. The van der Waals surface area contributed by atoms with Crippen LogP contribution in [0.5, 0.6) is 0 Å². The summed E-state index contributed by atoms with van der Waals surface area (Å²) in [5.41, 5.74) is 2.08. The number of benzene rings is 2. The van der Waals surface area contributed by atoms with Crippen LogP contribution in [0, 0.1) is 5.82 Å². The minimum absolute atomic E-state index is 0.161. The highest BCUT2D eigenvalue weighted by Crippen LogP contribution is 2.18. The molecule has 7 heteroatoms. The van der Waals surface area contributed by atoms with E-state index in [1.165, 1.54) is 24.2 Å². The molecular formula is C17H15FN4OS. The number of rotatable bonds is 6. The van der Waals surface area contributed by atoms with E-state index in [0.29, 0.717) is 11.1 Å². The lowest BCUT2D eigenvalue weighted by atomic mass is 10.1. The van der Waals surface area contributed by atoms with Crippen molar-refractivity contribution in [3.63, 3.8) is 0 Å². The Morgan fingerprint density at radius 3 is 2.67 bits per heavy atom. The van der Waals surface area contributed by atoms with Crippen molar-refractivity contribution in [1.82, 2.24) is 20.5 Å². The smallest absolute Gasteiger partial charge is 0.251 e. The average Bonchev–Trinajstić information content (AvgIpc) is 3.13. The van der Waals surface area contributed by atoms with Crippen molar-refractivity contribution in [2.45, 2.75) is 17.5 Å². The Kier molecular flexibility index (Phi) is 5.22. The molecule has 24 heavy (non-hydrogen) atoms. The molecule has 2 aromatic carbocycles. The van der Waals surface area contributed by atoms with E-state index in [0.717, 1.165) is 16.5 Å². The highest BCUT2D eigenvalue weighted by atomic mass is 32.2. The van der Waals surface area contributed by atoms with Crippen molar-refractivity contribution in [2.75, 3.05) is 0 Å². The second-order valence-electron chi connectivity index (χ2n) is 5.05. The molecule has 0 saturated carbocycles. The zero-order valence-electron chi connectivity index (χ0n) is 12.7. The first kappa shape index (κ1) is 16.2. The Morgan fingerprint density at radius 2 is 1.96 bits per heavy atom. The van der Waals surface area contributed by atoms with Crippen molar-refractivity contribution in [3.05, 3.63) is 77.4 Å². The molecule has 3 aromatic rings. The van der Waals surface area contributed by atoms with Crippen molar-refractivity contribution in [3.8, 4) is 0 Å². The highest BCUT2D eigenvalue weighted by molar-refractivity contribution is 7.98. The molecule has 0 fully saturated rings. The van der Waals surface area contributed by atoms with Crippen LogP contribution in [0.4, 0.5) is 4.39 Å². The summed E-state index contributed by atoms with van der Waals surface area (Å²) >= 11 is 1.53. The monoisotopic (exact) mass is 342 g/mol.